The molecule has 1 heterocycles. The van der Waals surface area contributed by atoms with Gasteiger partial charge in [-0.2, -0.15) is 0 Å². The Kier molecular flexibility index (Phi) is 45.2. The van der Waals surface area contributed by atoms with Crippen LogP contribution in [0.25, 0.3) is 0 Å². The first-order chi connectivity index (χ1) is 66.7. The van der Waals surface area contributed by atoms with Gasteiger partial charge in [-0.3, -0.25) is 43.2 Å². The van der Waals surface area contributed by atoms with E-state index < -0.39 is 96.0 Å². The van der Waals surface area contributed by atoms with E-state index in [1.54, 1.807) is 72.7 Å². The molecule has 3 aromatic rings. The normalized spacial score (nSPS) is 15.1. The molecule has 3 aromatic carbocycles. The maximum absolute atomic E-state index is 15.2. The van der Waals surface area contributed by atoms with Crippen LogP contribution in [0.5, 0.6) is 0 Å². The van der Waals surface area contributed by atoms with E-state index in [-0.39, 0.29) is 58.7 Å². The molecule has 0 N–H and O–H groups in total. The number of fused-ring (bicyclic) bond motifs is 9. The Morgan fingerprint density at radius 2 is 0.482 bits per heavy atom. The van der Waals surface area contributed by atoms with E-state index in [4.69, 9.17) is 27.1 Å². The number of rotatable bonds is 13. The van der Waals surface area contributed by atoms with Crippen molar-refractivity contribution in [2.24, 2.45) is 0 Å². The topological polar surface area (TPSA) is 201 Å². The van der Waals surface area contributed by atoms with Crippen LogP contribution in [-0.2, 0) is 116 Å². The molecule has 18 heteroatoms. The van der Waals surface area contributed by atoms with Crippen LogP contribution < -0.4 is 0 Å². The zero-order chi connectivity index (χ0) is 98.7. The Labute approximate surface area is 806 Å². The van der Waals surface area contributed by atoms with Gasteiger partial charge in [0.15, 0.2) is 6.61 Å². The molecular weight excluding hydrogens is 1710 g/mol. The summed E-state index contributed by atoms with van der Waals surface area (Å²) in [5, 5.41) is 0. The third kappa shape index (κ3) is 34.6. The fourth-order valence-electron chi connectivity index (χ4n) is 15.7. The Morgan fingerprint density at radius 1 is 0.292 bits per heavy atom. The van der Waals surface area contributed by atoms with Crippen molar-refractivity contribution in [3.63, 3.8) is 0 Å². The average molecular weight is 1790 g/mol. The number of carbonyl (C=O) groups excluding carboxylic acids is 9. The highest BCUT2D eigenvalue weighted by Crippen LogP contribution is 2.38. The fraction of sp³-hybridized carbons (Fsp3) is 0.269. The standard InChI is InChI=1S/C119H88N6O12/c1-13-22-25-28-31-34-37-40-43-44-47-50-53-56-59-68-77-137-119(134)86-98-82-103-91-124(115(130)20-8)109-73-64-62-71-107(109)122(113(128)18-6)89-101-80-96(84-117(132)135-75-66-57-54-51-48-45-41-38-35-32-29-26-23-14-2)78-99(93(101)10)87-120(111(126)16-4)105-69-60-61-70-106(105)121(112(127)17-5)88-100-79-97(85-118(133)136-76-67-58-55-52-49-46-42-39-36-33-30-27-24-15-3)81-102(94(100)11)90-123(114(129)19-7)108-72-63-65-74-110(108)125(116(131)21-9)92-104(83-98)95(103)12/h1-2,16-21,78-83,105-110H,4-9,60-65,69-74,76,84-92H2,3,10-12H3. The van der Waals surface area contributed by atoms with Crippen LogP contribution in [0.15, 0.2) is 112 Å². The summed E-state index contributed by atoms with van der Waals surface area (Å²) < 4.78 is 16.6. The summed E-state index contributed by atoms with van der Waals surface area (Å²) in [5.74, 6) is 105. The van der Waals surface area contributed by atoms with Crippen LogP contribution in [0.2, 0.25) is 0 Å². The van der Waals surface area contributed by atoms with Crippen LogP contribution in [0, 0.1) is 306 Å². The minimum atomic E-state index is -0.802. The molecule has 18 nitrogen and oxygen atoms in total. The predicted octanol–water partition coefficient (Wildman–Crippen LogP) is 9.58. The van der Waals surface area contributed by atoms with Crippen LogP contribution in [0.1, 0.15) is 151 Å². The molecule has 1 aliphatic heterocycles. The molecule has 6 unspecified atom stereocenters. The summed E-state index contributed by atoms with van der Waals surface area (Å²) >= 11 is 0. The molecule has 3 saturated carbocycles. The number of carbonyl (C=O) groups is 9. The first kappa shape index (κ1) is 105. The van der Waals surface area contributed by atoms with Gasteiger partial charge < -0.3 is 43.6 Å². The van der Waals surface area contributed by atoms with Crippen molar-refractivity contribution in [2.45, 2.75) is 200 Å². The van der Waals surface area contributed by atoms with E-state index in [1.165, 1.54) is 36.5 Å². The molecule has 3 fully saturated rings. The van der Waals surface area contributed by atoms with Crippen molar-refractivity contribution in [1.82, 2.24) is 29.4 Å². The molecular formula is C119H88N6O12. The summed E-state index contributed by atoms with van der Waals surface area (Å²) in [6, 6.07) is 6.33. The van der Waals surface area contributed by atoms with Gasteiger partial charge in [0.2, 0.25) is 35.4 Å². The van der Waals surface area contributed by atoms with Crippen molar-refractivity contribution in [3.8, 4) is 286 Å². The van der Waals surface area contributed by atoms with Gasteiger partial charge in [0.05, 0.1) is 55.5 Å². The van der Waals surface area contributed by atoms with Gasteiger partial charge in [-0.25, -0.2) is 0 Å². The third-order valence-electron chi connectivity index (χ3n) is 21.8. The Hall–Kier alpha value is -19.2. The van der Waals surface area contributed by atoms with Gasteiger partial charge in [0.25, 0.3) is 0 Å². The first-order valence-electron chi connectivity index (χ1n) is 43.0. The van der Waals surface area contributed by atoms with Gasteiger partial charge in [-0.1, -0.05) is 120 Å². The third-order valence-corrected chi connectivity index (χ3v) is 21.8. The number of ether oxygens (including phenoxy) is 3. The highest BCUT2D eigenvalue weighted by atomic mass is 16.5. The Morgan fingerprint density at radius 3 is 0.686 bits per heavy atom. The lowest BCUT2D eigenvalue weighted by atomic mass is 9.85. The molecule has 6 bridgehead atoms. The lowest BCUT2D eigenvalue weighted by Crippen LogP contribution is -2.56. The molecule has 0 radical (unpaired) electrons. The maximum Gasteiger partial charge on any atom is 0.324 e. The SMILES string of the molecule is C#CC#CC#CC#CC#CC#CC#CC#CC#COC(=O)Cc1cc2c(C)c(c1)CN(C(=O)C=C)C1CCCCC1N(C(=O)C=C)Cc1cc(CC(=O)OCC#CC#CC#CC#CC#CC#CC#CC)cc(c1C)CN(C(=O)C=C)C1CCCCC1N(C(=O)C=C)Cc1cc(CC(=O)OC#CC#CC#CC#CC#CC#CC#CC#C)cc(c1C)CN(C(=O)C=C)C1CCCCC1N(C(=O)C=C)C2. The summed E-state index contributed by atoms with van der Waals surface area (Å²) in [6.45, 7) is 30.0. The van der Waals surface area contributed by atoms with Gasteiger partial charge in [0, 0.05) is 128 Å². The highest BCUT2D eigenvalue weighted by Gasteiger charge is 2.43. The van der Waals surface area contributed by atoms with E-state index >= 15 is 28.8 Å². The number of hydrogen-bond donors (Lipinski definition) is 0. The molecule has 6 amide bonds. The first-order valence-corrected chi connectivity index (χ1v) is 43.0. The Balaban J connectivity index is 1.45. The molecule has 3 aliphatic carbocycles. The summed E-state index contributed by atoms with van der Waals surface area (Å²) in [6.07, 6.45) is 27.0. The van der Waals surface area contributed by atoms with Gasteiger partial charge in [-0.05, 0) is 335 Å². The molecule has 137 heavy (non-hydrogen) atoms. The quantitative estimate of drug-likeness (QED) is 0.0680. The van der Waals surface area contributed by atoms with Crippen molar-refractivity contribution < 1.29 is 57.4 Å². The van der Waals surface area contributed by atoms with Crippen LogP contribution in [-0.4, -0.2) is 126 Å². The number of esters is 3. The Bertz CT molecular complexity index is 6920. The summed E-state index contributed by atoms with van der Waals surface area (Å²) in [4.78, 5) is 144. The zero-order valence-electron chi connectivity index (χ0n) is 76.4. The van der Waals surface area contributed by atoms with Crippen molar-refractivity contribution in [2.75, 3.05) is 6.61 Å². The predicted molar refractivity (Wildman–Crippen MR) is 525 cm³/mol. The minimum absolute atomic E-state index is 0.115. The van der Waals surface area contributed by atoms with Gasteiger partial charge >= 0.3 is 17.9 Å². The van der Waals surface area contributed by atoms with Crippen molar-refractivity contribution in [1.29, 1.82) is 0 Å². The summed E-state index contributed by atoms with van der Waals surface area (Å²) in [7, 11) is 0. The average Bonchev–Trinajstić information content (AvgIpc) is 1.17. The lowest BCUT2D eigenvalue weighted by molar-refractivity contribution is -0.141. The van der Waals surface area contributed by atoms with E-state index in [0.717, 1.165) is 0 Å². The fourth-order valence-corrected chi connectivity index (χ4v) is 15.7. The summed E-state index contributed by atoms with van der Waals surface area (Å²) in [5.41, 5.74) is 6.32. The van der Waals surface area contributed by atoms with E-state index in [0.29, 0.717) is 144 Å². The maximum atomic E-state index is 15.2. The minimum Gasteiger partial charge on any atom is -0.452 e. The van der Waals surface area contributed by atoms with Crippen molar-refractivity contribution in [3.05, 3.63) is 179 Å². The number of benzene rings is 3. The molecule has 666 valence electrons. The second kappa shape index (κ2) is 59.1. The van der Waals surface area contributed by atoms with Crippen molar-refractivity contribution >= 4 is 53.4 Å². The molecule has 6 atom stereocenters. The second-order valence-electron chi connectivity index (χ2n) is 30.0. The smallest absolute Gasteiger partial charge is 0.324 e. The van der Waals surface area contributed by atoms with Gasteiger partial charge in [-0.15, -0.1) is 12.8 Å². The molecule has 0 saturated heterocycles. The molecule has 0 spiro atoms. The lowest BCUT2D eigenvalue weighted by Gasteiger charge is -2.45. The van der Waals surface area contributed by atoms with E-state index in [9.17, 15) is 14.4 Å². The van der Waals surface area contributed by atoms with Crippen LogP contribution in [0.4, 0.5) is 0 Å². The number of nitrogens with zero attached hydrogens (tertiary/aromatic N) is 6. The molecule has 4 aliphatic rings. The number of hydrogen-bond acceptors (Lipinski definition) is 12. The number of amides is 6. The second-order valence-corrected chi connectivity index (χ2v) is 30.0. The monoisotopic (exact) mass is 1790 g/mol. The van der Waals surface area contributed by atoms with E-state index in [2.05, 4.69) is 312 Å². The molecule has 0 aromatic heterocycles. The molecule has 7 rings (SSSR count). The highest BCUT2D eigenvalue weighted by molar-refractivity contribution is 5.91. The van der Waals surface area contributed by atoms with Crippen LogP contribution in [0.3, 0.4) is 0 Å². The van der Waals surface area contributed by atoms with Gasteiger partial charge in [0.1, 0.15) is 12.2 Å². The largest absolute Gasteiger partial charge is 0.452 e. The van der Waals surface area contributed by atoms with E-state index in [1.807, 2.05) is 20.8 Å². The van der Waals surface area contributed by atoms with Crippen LogP contribution >= 0.6 is 0 Å². The zero-order valence-corrected chi connectivity index (χ0v) is 76.4. The number of terminal acetylenes is 2.